The summed E-state index contributed by atoms with van der Waals surface area (Å²) in [7, 11) is 0. The van der Waals surface area contributed by atoms with Gasteiger partial charge in [-0.2, -0.15) is 10.4 Å². The minimum absolute atomic E-state index is 0.226. The van der Waals surface area contributed by atoms with E-state index in [1.807, 2.05) is 30.3 Å². The van der Waals surface area contributed by atoms with E-state index in [9.17, 15) is 0 Å². The zero-order valence-electron chi connectivity index (χ0n) is 9.58. The van der Waals surface area contributed by atoms with Gasteiger partial charge in [-0.15, -0.1) is 0 Å². The highest BCUT2D eigenvalue weighted by molar-refractivity contribution is 9.10. The number of nitrogens with zero attached hydrogens (tertiary/aromatic N) is 5. The van der Waals surface area contributed by atoms with Gasteiger partial charge in [-0.25, -0.2) is 14.6 Å². The van der Waals surface area contributed by atoms with Crippen molar-refractivity contribution in [2.75, 3.05) is 5.73 Å². The van der Waals surface area contributed by atoms with Gasteiger partial charge in [0.25, 0.3) is 0 Å². The van der Waals surface area contributed by atoms with Crippen molar-refractivity contribution in [3.8, 4) is 11.8 Å². The van der Waals surface area contributed by atoms with Crippen LogP contribution in [0.4, 0.5) is 5.82 Å². The van der Waals surface area contributed by atoms with Gasteiger partial charge in [0.2, 0.25) is 0 Å². The Hall–Kier alpha value is -2.46. The lowest BCUT2D eigenvalue weighted by Gasteiger charge is -2.04. The van der Waals surface area contributed by atoms with Crippen LogP contribution in [0.3, 0.4) is 0 Å². The van der Waals surface area contributed by atoms with Crippen molar-refractivity contribution < 1.29 is 0 Å². The zero-order valence-corrected chi connectivity index (χ0v) is 11.2. The van der Waals surface area contributed by atoms with Crippen LogP contribution >= 0.6 is 15.9 Å². The second-order valence-corrected chi connectivity index (χ2v) is 4.72. The third kappa shape index (κ3) is 1.82. The van der Waals surface area contributed by atoms with E-state index >= 15 is 0 Å². The summed E-state index contributed by atoms with van der Waals surface area (Å²) < 4.78 is 2.48. The SMILES string of the molecule is N#Cc1nn(-c2cccc(Br)c2)c2c(N)ncnc12. The van der Waals surface area contributed by atoms with E-state index in [0.29, 0.717) is 16.9 Å². The summed E-state index contributed by atoms with van der Waals surface area (Å²) in [6.07, 6.45) is 1.32. The normalized spacial score (nSPS) is 10.5. The molecule has 3 rings (SSSR count). The number of aromatic nitrogens is 4. The molecule has 0 bridgehead atoms. The topological polar surface area (TPSA) is 93.4 Å². The minimum Gasteiger partial charge on any atom is -0.382 e. The van der Waals surface area contributed by atoms with Gasteiger partial charge in [-0.3, -0.25) is 0 Å². The van der Waals surface area contributed by atoms with E-state index in [1.165, 1.54) is 6.33 Å². The van der Waals surface area contributed by atoms with Crippen molar-refractivity contribution in [1.82, 2.24) is 19.7 Å². The predicted octanol–water partition coefficient (Wildman–Crippen LogP) is 2.03. The van der Waals surface area contributed by atoms with E-state index in [2.05, 4.69) is 31.0 Å². The predicted molar refractivity (Wildman–Crippen MR) is 73.5 cm³/mol. The lowest BCUT2D eigenvalue weighted by molar-refractivity contribution is 0.900. The fourth-order valence-electron chi connectivity index (χ4n) is 1.84. The molecule has 0 atom stereocenters. The van der Waals surface area contributed by atoms with Crippen LogP contribution in [-0.4, -0.2) is 19.7 Å². The summed E-state index contributed by atoms with van der Waals surface area (Å²) in [5.74, 6) is 0.291. The van der Waals surface area contributed by atoms with Gasteiger partial charge in [0.05, 0.1) is 5.69 Å². The molecule has 0 saturated heterocycles. The molecule has 3 aromatic rings. The van der Waals surface area contributed by atoms with Gasteiger partial charge in [-0.1, -0.05) is 22.0 Å². The Balaban J connectivity index is 2.39. The number of nitrogen functional groups attached to an aromatic ring is 1. The smallest absolute Gasteiger partial charge is 0.189 e. The Morgan fingerprint density at radius 1 is 1.32 bits per heavy atom. The third-order valence-corrected chi connectivity index (χ3v) is 3.14. The number of hydrogen-bond donors (Lipinski definition) is 1. The molecule has 0 radical (unpaired) electrons. The number of benzene rings is 1. The standard InChI is InChI=1S/C12H7BrN6/c13-7-2-1-3-8(4-7)19-11-10(9(5-14)18-19)16-6-17-12(11)15/h1-4,6H,(H2,15,16,17). The largest absolute Gasteiger partial charge is 0.382 e. The molecule has 2 N–H and O–H groups in total. The summed E-state index contributed by atoms with van der Waals surface area (Å²) in [5, 5.41) is 13.3. The van der Waals surface area contributed by atoms with Gasteiger partial charge < -0.3 is 5.73 Å². The molecular weight excluding hydrogens is 308 g/mol. The molecule has 92 valence electrons. The Morgan fingerprint density at radius 3 is 2.89 bits per heavy atom. The molecule has 0 amide bonds. The van der Waals surface area contributed by atoms with Gasteiger partial charge in [0.15, 0.2) is 11.5 Å². The van der Waals surface area contributed by atoms with Gasteiger partial charge in [-0.05, 0) is 18.2 Å². The Kier molecular flexibility index (Phi) is 2.65. The van der Waals surface area contributed by atoms with Crippen LogP contribution < -0.4 is 5.73 Å². The Bertz CT molecular complexity index is 817. The molecule has 0 spiro atoms. The first-order valence-electron chi connectivity index (χ1n) is 5.36. The van der Waals surface area contributed by atoms with E-state index in [0.717, 1.165) is 10.2 Å². The zero-order chi connectivity index (χ0) is 13.4. The maximum absolute atomic E-state index is 9.11. The van der Waals surface area contributed by atoms with Gasteiger partial charge >= 0.3 is 0 Å². The summed E-state index contributed by atoms with van der Waals surface area (Å²) in [6, 6.07) is 9.53. The fourth-order valence-corrected chi connectivity index (χ4v) is 2.23. The van der Waals surface area contributed by atoms with E-state index in [4.69, 9.17) is 11.0 Å². The molecule has 1 aromatic carbocycles. The van der Waals surface area contributed by atoms with Crippen molar-refractivity contribution in [2.45, 2.75) is 0 Å². The number of rotatable bonds is 1. The lowest BCUT2D eigenvalue weighted by Crippen LogP contribution is -2.00. The lowest BCUT2D eigenvalue weighted by atomic mass is 10.3. The van der Waals surface area contributed by atoms with Crippen molar-refractivity contribution >= 4 is 32.8 Å². The molecule has 19 heavy (non-hydrogen) atoms. The molecule has 0 unspecified atom stereocenters. The fraction of sp³-hybridized carbons (Fsp3) is 0. The maximum atomic E-state index is 9.11. The quantitative estimate of drug-likeness (QED) is 0.741. The number of fused-ring (bicyclic) bond motifs is 1. The molecule has 0 fully saturated rings. The van der Waals surface area contributed by atoms with Crippen LogP contribution in [0.25, 0.3) is 16.7 Å². The average Bonchev–Trinajstić information content (AvgIpc) is 2.79. The molecule has 7 heteroatoms. The summed E-state index contributed by atoms with van der Waals surface area (Å²) in [6.45, 7) is 0. The van der Waals surface area contributed by atoms with Crippen LogP contribution in [-0.2, 0) is 0 Å². The molecule has 0 saturated carbocycles. The van der Waals surface area contributed by atoms with E-state index < -0.39 is 0 Å². The molecule has 0 aliphatic rings. The second kappa shape index (κ2) is 4.33. The highest BCUT2D eigenvalue weighted by atomic mass is 79.9. The number of nitrogens with two attached hydrogens (primary N) is 1. The van der Waals surface area contributed by atoms with Crippen LogP contribution in [0, 0.1) is 11.3 Å². The summed E-state index contributed by atoms with van der Waals surface area (Å²) in [4.78, 5) is 8.02. The molecular formula is C12H7BrN6. The first-order valence-corrected chi connectivity index (χ1v) is 6.15. The van der Waals surface area contributed by atoms with Gasteiger partial charge in [0, 0.05) is 4.47 Å². The number of halogens is 1. The van der Waals surface area contributed by atoms with Crippen molar-refractivity contribution in [3.63, 3.8) is 0 Å². The van der Waals surface area contributed by atoms with Crippen LogP contribution in [0.5, 0.6) is 0 Å². The summed E-state index contributed by atoms with van der Waals surface area (Å²) in [5.41, 5.74) is 7.87. The van der Waals surface area contributed by atoms with Crippen molar-refractivity contribution in [3.05, 3.63) is 40.8 Å². The Labute approximate surface area is 116 Å². The molecule has 6 nitrogen and oxygen atoms in total. The summed E-state index contributed by atoms with van der Waals surface area (Å²) >= 11 is 3.40. The highest BCUT2D eigenvalue weighted by Crippen LogP contribution is 2.24. The number of nitriles is 1. The van der Waals surface area contributed by atoms with Crippen LogP contribution in [0.1, 0.15) is 5.69 Å². The maximum Gasteiger partial charge on any atom is 0.189 e. The third-order valence-electron chi connectivity index (χ3n) is 2.65. The molecule has 2 aromatic heterocycles. The second-order valence-electron chi connectivity index (χ2n) is 3.81. The highest BCUT2D eigenvalue weighted by Gasteiger charge is 2.16. The minimum atomic E-state index is 0.226. The Morgan fingerprint density at radius 2 is 2.16 bits per heavy atom. The van der Waals surface area contributed by atoms with Gasteiger partial charge in [0.1, 0.15) is 23.4 Å². The average molecular weight is 315 g/mol. The molecule has 2 heterocycles. The van der Waals surface area contributed by atoms with E-state index in [1.54, 1.807) is 4.68 Å². The van der Waals surface area contributed by atoms with Crippen LogP contribution in [0.15, 0.2) is 35.1 Å². The van der Waals surface area contributed by atoms with Crippen LogP contribution in [0.2, 0.25) is 0 Å². The van der Waals surface area contributed by atoms with Crippen molar-refractivity contribution in [2.24, 2.45) is 0 Å². The molecule has 0 aliphatic carbocycles. The van der Waals surface area contributed by atoms with Crippen molar-refractivity contribution in [1.29, 1.82) is 5.26 Å². The monoisotopic (exact) mass is 314 g/mol. The first-order chi connectivity index (χ1) is 9.20. The first kappa shape index (κ1) is 11.6. The molecule has 0 aliphatic heterocycles. The number of anilines is 1. The van der Waals surface area contributed by atoms with E-state index in [-0.39, 0.29) is 5.69 Å². The number of hydrogen-bond acceptors (Lipinski definition) is 5.